The monoisotopic (exact) mass is 298 g/mol. The van der Waals surface area contributed by atoms with E-state index in [0.717, 1.165) is 5.56 Å². The number of nitrogens with zero attached hydrogens (tertiary/aromatic N) is 2. The third-order valence-electron chi connectivity index (χ3n) is 3.44. The van der Waals surface area contributed by atoms with Crippen LogP contribution >= 0.6 is 0 Å². The van der Waals surface area contributed by atoms with Gasteiger partial charge in [-0.15, -0.1) is 0 Å². The van der Waals surface area contributed by atoms with Crippen molar-refractivity contribution in [2.75, 3.05) is 0 Å². The molecule has 0 aliphatic rings. The van der Waals surface area contributed by atoms with Crippen LogP contribution in [0.1, 0.15) is 5.56 Å². The van der Waals surface area contributed by atoms with E-state index in [1.807, 2.05) is 0 Å². The van der Waals surface area contributed by atoms with Crippen molar-refractivity contribution in [3.8, 4) is 0 Å². The maximum absolute atomic E-state index is 12.9. The van der Waals surface area contributed by atoms with Gasteiger partial charge in [0.25, 0.3) is 11.2 Å². The van der Waals surface area contributed by atoms with Gasteiger partial charge in [-0.05, 0) is 29.8 Å². The molecule has 5 nitrogen and oxygen atoms in total. The van der Waals surface area contributed by atoms with E-state index in [2.05, 4.69) is 0 Å². The van der Waals surface area contributed by atoms with Gasteiger partial charge in [-0.25, -0.2) is 4.39 Å². The summed E-state index contributed by atoms with van der Waals surface area (Å²) in [6.07, 6.45) is 0. The van der Waals surface area contributed by atoms with E-state index in [0.29, 0.717) is 10.9 Å². The van der Waals surface area contributed by atoms with Gasteiger partial charge in [0, 0.05) is 23.6 Å². The molecule has 0 aliphatic heterocycles. The van der Waals surface area contributed by atoms with Crippen molar-refractivity contribution in [1.82, 2.24) is 4.57 Å². The van der Waals surface area contributed by atoms with Gasteiger partial charge in [0.05, 0.1) is 17.0 Å². The Bertz CT molecular complexity index is 917. The zero-order valence-corrected chi connectivity index (χ0v) is 11.4. The largest absolute Gasteiger partial charge is 0.304 e. The number of nitro benzene ring substituents is 1. The minimum atomic E-state index is -0.477. The molecule has 0 N–H and O–H groups in total. The first-order valence-corrected chi connectivity index (χ1v) is 6.57. The molecule has 0 amide bonds. The quantitative estimate of drug-likeness (QED) is 0.551. The minimum Gasteiger partial charge on any atom is -0.304 e. The Kier molecular flexibility index (Phi) is 3.42. The van der Waals surface area contributed by atoms with E-state index in [1.165, 1.54) is 34.9 Å². The number of hydrogen-bond donors (Lipinski definition) is 0. The van der Waals surface area contributed by atoms with Crippen LogP contribution in [0.25, 0.3) is 10.9 Å². The predicted octanol–water partition coefficient (Wildman–Crippen LogP) is 3.10. The second-order valence-corrected chi connectivity index (χ2v) is 4.88. The Morgan fingerprint density at radius 2 is 1.77 bits per heavy atom. The van der Waals surface area contributed by atoms with Crippen LogP contribution in [0.3, 0.4) is 0 Å². The highest BCUT2D eigenvalue weighted by Crippen LogP contribution is 2.20. The van der Waals surface area contributed by atoms with Crippen molar-refractivity contribution in [2.24, 2.45) is 0 Å². The summed E-state index contributed by atoms with van der Waals surface area (Å²) in [4.78, 5) is 22.4. The molecule has 3 aromatic rings. The van der Waals surface area contributed by atoms with E-state index in [1.54, 1.807) is 24.3 Å². The summed E-state index contributed by atoms with van der Waals surface area (Å²) in [5.41, 5.74) is 1.13. The molecular weight excluding hydrogens is 287 g/mol. The van der Waals surface area contributed by atoms with E-state index in [9.17, 15) is 19.3 Å². The molecule has 6 heteroatoms. The molecule has 0 aliphatic carbocycles. The normalized spacial score (nSPS) is 10.8. The zero-order valence-electron chi connectivity index (χ0n) is 11.4. The van der Waals surface area contributed by atoms with Gasteiger partial charge in [-0.2, -0.15) is 0 Å². The maximum atomic E-state index is 12.9. The first-order valence-electron chi connectivity index (χ1n) is 6.57. The number of halogens is 1. The highest BCUT2D eigenvalue weighted by atomic mass is 19.1. The Labute approximate surface area is 124 Å². The Balaban J connectivity index is 2.11. The van der Waals surface area contributed by atoms with E-state index in [4.69, 9.17) is 0 Å². The van der Waals surface area contributed by atoms with Crippen LogP contribution in [-0.4, -0.2) is 9.49 Å². The smallest absolute Gasteiger partial charge is 0.270 e. The second-order valence-electron chi connectivity index (χ2n) is 4.88. The molecule has 22 heavy (non-hydrogen) atoms. The van der Waals surface area contributed by atoms with Gasteiger partial charge >= 0.3 is 0 Å². The van der Waals surface area contributed by atoms with Crippen LogP contribution in [0.2, 0.25) is 0 Å². The number of rotatable bonds is 3. The summed E-state index contributed by atoms with van der Waals surface area (Å²) >= 11 is 0. The molecule has 0 unspecified atom stereocenters. The summed E-state index contributed by atoms with van der Waals surface area (Å²) in [6, 6.07) is 13.1. The van der Waals surface area contributed by atoms with Gasteiger partial charge in [0.1, 0.15) is 5.82 Å². The fourth-order valence-corrected chi connectivity index (χ4v) is 2.34. The van der Waals surface area contributed by atoms with Gasteiger partial charge < -0.3 is 4.57 Å². The molecule has 0 fully saturated rings. The van der Waals surface area contributed by atoms with Crippen molar-refractivity contribution in [3.05, 3.63) is 86.4 Å². The lowest BCUT2D eigenvalue weighted by Gasteiger charge is -2.10. The SMILES string of the molecule is O=c1ccc2cc([N+](=O)[O-])ccc2n1Cc1ccc(F)cc1. The standard InChI is InChI=1S/C16H11FN2O3/c17-13-4-1-11(2-5-13)10-18-15-7-6-14(19(21)22)9-12(15)3-8-16(18)20/h1-9H,10H2. The van der Waals surface area contributed by atoms with Crippen LogP contribution < -0.4 is 5.56 Å². The van der Waals surface area contributed by atoms with Crippen LogP contribution in [0.15, 0.2) is 59.4 Å². The molecule has 110 valence electrons. The number of fused-ring (bicyclic) bond motifs is 1. The first-order chi connectivity index (χ1) is 10.5. The van der Waals surface area contributed by atoms with E-state index in [-0.39, 0.29) is 23.6 Å². The number of aromatic nitrogens is 1. The zero-order chi connectivity index (χ0) is 15.7. The molecule has 1 heterocycles. The third kappa shape index (κ3) is 2.58. The molecule has 0 bridgehead atoms. The molecule has 1 aromatic heterocycles. The lowest BCUT2D eigenvalue weighted by Crippen LogP contribution is -2.19. The molecule has 0 spiro atoms. The Morgan fingerprint density at radius 3 is 2.45 bits per heavy atom. The van der Waals surface area contributed by atoms with Gasteiger partial charge in [-0.3, -0.25) is 14.9 Å². The number of pyridine rings is 1. The topological polar surface area (TPSA) is 65.1 Å². The summed E-state index contributed by atoms with van der Waals surface area (Å²) < 4.78 is 14.5. The fourth-order valence-electron chi connectivity index (χ4n) is 2.34. The molecule has 0 radical (unpaired) electrons. The van der Waals surface area contributed by atoms with Crippen molar-refractivity contribution in [3.63, 3.8) is 0 Å². The lowest BCUT2D eigenvalue weighted by molar-refractivity contribution is -0.384. The summed E-state index contributed by atoms with van der Waals surface area (Å²) in [7, 11) is 0. The molecule has 0 saturated carbocycles. The number of benzene rings is 2. The average Bonchev–Trinajstić information content (AvgIpc) is 2.51. The van der Waals surface area contributed by atoms with Crippen molar-refractivity contribution in [1.29, 1.82) is 0 Å². The van der Waals surface area contributed by atoms with Crippen LogP contribution in [0, 0.1) is 15.9 Å². The summed E-state index contributed by atoms with van der Waals surface area (Å²) in [5, 5.41) is 11.4. The maximum Gasteiger partial charge on any atom is 0.270 e. The highest BCUT2D eigenvalue weighted by Gasteiger charge is 2.09. The van der Waals surface area contributed by atoms with Gasteiger partial charge in [-0.1, -0.05) is 12.1 Å². The lowest BCUT2D eigenvalue weighted by atomic mass is 10.1. The van der Waals surface area contributed by atoms with Crippen molar-refractivity contribution >= 4 is 16.6 Å². The van der Waals surface area contributed by atoms with E-state index < -0.39 is 4.92 Å². The molecular formula is C16H11FN2O3. The predicted molar refractivity (Wildman–Crippen MR) is 80.4 cm³/mol. The number of hydrogen-bond acceptors (Lipinski definition) is 3. The molecule has 0 atom stereocenters. The second kappa shape index (κ2) is 5.40. The number of non-ortho nitro benzene ring substituents is 1. The third-order valence-corrected chi connectivity index (χ3v) is 3.44. The highest BCUT2D eigenvalue weighted by molar-refractivity contribution is 5.81. The van der Waals surface area contributed by atoms with Crippen LogP contribution in [0.5, 0.6) is 0 Å². The number of nitro groups is 1. The molecule has 3 rings (SSSR count). The van der Waals surface area contributed by atoms with Gasteiger partial charge in [0.2, 0.25) is 0 Å². The molecule has 2 aromatic carbocycles. The molecule has 0 saturated heterocycles. The Hall–Kier alpha value is -3.02. The van der Waals surface area contributed by atoms with Crippen molar-refractivity contribution in [2.45, 2.75) is 6.54 Å². The van der Waals surface area contributed by atoms with Crippen LogP contribution in [-0.2, 0) is 6.54 Å². The Morgan fingerprint density at radius 1 is 1.05 bits per heavy atom. The summed E-state index contributed by atoms with van der Waals surface area (Å²) in [6.45, 7) is 0.272. The first kappa shape index (κ1) is 13.9. The minimum absolute atomic E-state index is 0.0283. The average molecular weight is 298 g/mol. The fraction of sp³-hybridized carbons (Fsp3) is 0.0625. The van der Waals surface area contributed by atoms with Crippen molar-refractivity contribution < 1.29 is 9.31 Å². The van der Waals surface area contributed by atoms with Gasteiger partial charge in [0.15, 0.2) is 0 Å². The van der Waals surface area contributed by atoms with Crippen LogP contribution in [0.4, 0.5) is 10.1 Å². The summed E-state index contributed by atoms with van der Waals surface area (Å²) in [5.74, 6) is -0.343. The van der Waals surface area contributed by atoms with E-state index >= 15 is 0 Å².